The number of aryl methyl sites for hydroxylation is 1. The van der Waals surface area contributed by atoms with Crippen LogP contribution in [-0.4, -0.2) is 12.5 Å². The smallest absolute Gasteiger partial charge is 0.225 e. The number of carbonyl (C=O) groups is 1. The zero-order valence-corrected chi connectivity index (χ0v) is 15.5. The van der Waals surface area contributed by atoms with Crippen LogP contribution in [0.5, 0.6) is 0 Å². The molecule has 0 bridgehead atoms. The molecule has 2 heterocycles. The molecule has 0 saturated carbocycles. The Morgan fingerprint density at radius 2 is 2.32 bits per heavy atom. The number of anilines is 1. The van der Waals surface area contributed by atoms with E-state index in [9.17, 15) is 10.1 Å². The number of hydrogen-bond acceptors (Lipinski definition) is 4. The van der Waals surface area contributed by atoms with E-state index in [1.54, 1.807) is 0 Å². The van der Waals surface area contributed by atoms with Crippen LogP contribution in [0.3, 0.4) is 0 Å². The molecule has 0 saturated heterocycles. The van der Waals surface area contributed by atoms with Gasteiger partial charge < -0.3 is 10.6 Å². The van der Waals surface area contributed by atoms with Gasteiger partial charge in [-0.2, -0.15) is 5.26 Å². The highest BCUT2D eigenvalue weighted by Crippen LogP contribution is 2.35. The number of nitrogens with zero attached hydrogens (tertiary/aromatic N) is 1. The average Bonchev–Trinajstić information content (AvgIpc) is 2.98. The van der Waals surface area contributed by atoms with Crippen molar-refractivity contribution in [3.05, 3.63) is 51.4 Å². The molecule has 0 aliphatic carbocycles. The van der Waals surface area contributed by atoms with Crippen LogP contribution in [-0.2, 0) is 24.2 Å². The van der Waals surface area contributed by atoms with Crippen LogP contribution >= 0.6 is 11.3 Å². The average molecular weight is 353 g/mol. The third-order valence-corrected chi connectivity index (χ3v) is 5.86. The zero-order valence-electron chi connectivity index (χ0n) is 14.7. The lowest BCUT2D eigenvalue weighted by atomic mass is 9.95. The van der Waals surface area contributed by atoms with Gasteiger partial charge in [0.05, 0.1) is 5.56 Å². The summed E-state index contributed by atoms with van der Waals surface area (Å²) in [4.78, 5) is 13.7. The molecule has 3 rings (SSSR count). The summed E-state index contributed by atoms with van der Waals surface area (Å²) in [6.45, 7) is 5.87. The van der Waals surface area contributed by atoms with Gasteiger partial charge >= 0.3 is 0 Å². The van der Waals surface area contributed by atoms with Crippen LogP contribution in [0.4, 0.5) is 5.00 Å². The van der Waals surface area contributed by atoms with Gasteiger partial charge in [-0.15, -0.1) is 11.3 Å². The van der Waals surface area contributed by atoms with E-state index in [0.29, 0.717) is 17.0 Å². The van der Waals surface area contributed by atoms with E-state index in [1.807, 2.05) is 0 Å². The molecule has 0 spiro atoms. The second-order valence-corrected chi connectivity index (χ2v) is 7.60. The van der Waals surface area contributed by atoms with Crippen molar-refractivity contribution in [1.29, 1.82) is 5.26 Å². The largest absolute Gasteiger partial charge is 0.317 e. The number of hydrogen-bond donors (Lipinski definition) is 2. The Balaban J connectivity index is 1.70. The summed E-state index contributed by atoms with van der Waals surface area (Å²) in [5, 5.41) is 16.5. The standard InChI is InChI=1S/C20H23N3OS/c1-3-14-5-4-6-15(10-14)13(2)9-19(24)23-20-17(11-21)16-7-8-22-12-18(16)25-20/h4-6,10,13,22H,3,7-9,12H2,1-2H3,(H,23,24). The van der Waals surface area contributed by atoms with Crippen LogP contribution in [0.15, 0.2) is 24.3 Å². The molecule has 0 radical (unpaired) electrons. The predicted octanol–water partition coefficient (Wildman–Crippen LogP) is 3.96. The molecule has 1 aromatic heterocycles. The lowest BCUT2D eigenvalue weighted by Crippen LogP contribution is -2.22. The molecule has 25 heavy (non-hydrogen) atoms. The summed E-state index contributed by atoms with van der Waals surface area (Å²) in [6, 6.07) is 10.7. The van der Waals surface area contributed by atoms with Crippen molar-refractivity contribution in [1.82, 2.24) is 5.32 Å². The number of amides is 1. The Labute approximate surface area is 152 Å². The maximum Gasteiger partial charge on any atom is 0.225 e. The molecular weight excluding hydrogens is 330 g/mol. The first-order valence-corrected chi connectivity index (χ1v) is 9.58. The van der Waals surface area contributed by atoms with Gasteiger partial charge in [-0.05, 0) is 42.0 Å². The monoisotopic (exact) mass is 353 g/mol. The van der Waals surface area contributed by atoms with Gasteiger partial charge in [-0.25, -0.2) is 0 Å². The van der Waals surface area contributed by atoms with Crippen LogP contribution in [0.1, 0.15) is 53.3 Å². The molecule has 2 N–H and O–H groups in total. The van der Waals surface area contributed by atoms with E-state index < -0.39 is 0 Å². The van der Waals surface area contributed by atoms with Gasteiger partial charge in [-0.1, -0.05) is 38.1 Å². The summed E-state index contributed by atoms with van der Waals surface area (Å²) in [5.41, 5.74) is 4.22. The Bertz CT molecular complexity index is 819. The molecule has 1 amide bonds. The fraction of sp³-hybridized carbons (Fsp3) is 0.400. The molecule has 130 valence electrons. The van der Waals surface area contributed by atoms with E-state index in [0.717, 1.165) is 31.5 Å². The van der Waals surface area contributed by atoms with Crippen LogP contribution < -0.4 is 10.6 Å². The van der Waals surface area contributed by atoms with Crippen molar-refractivity contribution in [2.24, 2.45) is 0 Å². The molecule has 1 unspecified atom stereocenters. The van der Waals surface area contributed by atoms with Crippen molar-refractivity contribution in [3.63, 3.8) is 0 Å². The number of fused-ring (bicyclic) bond motifs is 1. The van der Waals surface area contributed by atoms with Gasteiger partial charge in [0.1, 0.15) is 11.1 Å². The van der Waals surface area contributed by atoms with Crippen LogP contribution in [0.25, 0.3) is 0 Å². The second-order valence-electron chi connectivity index (χ2n) is 6.50. The van der Waals surface area contributed by atoms with Crippen LogP contribution in [0, 0.1) is 11.3 Å². The minimum Gasteiger partial charge on any atom is -0.317 e. The Morgan fingerprint density at radius 1 is 1.48 bits per heavy atom. The summed E-state index contributed by atoms with van der Waals surface area (Å²) < 4.78 is 0. The molecule has 1 aliphatic rings. The Hall–Kier alpha value is -2.16. The molecule has 1 aliphatic heterocycles. The summed E-state index contributed by atoms with van der Waals surface area (Å²) >= 11 is 1.53. The SMILES string of the molecule is CCc1cccc(C(C)CC(=O)Nc2sc3c(c2C#N)CCNC3)c1. The summed E-state index contributed by atoms with van der Waals surface area (Å²) in [5.74, 6) is 0.116. The van der Waals surface area contributed by atoms with Gasteiger partial charge in [0.2, 0.25) is 5.91 Å². The topological polar surface area (TPSA) is 64.9 Å². The third kappa shape index (κ3) is 3.92. The lowest BCUT2D eigenvalue weighted by molar-refractivity contribution is -0.116. The number of nitriles is 1. The predicted molar refractivity (Wildman–Crippen MR) is 102 cm³/mol. The number of thiophene rings is 1. The van der Waals surface area contributed by atoms with Crippen molar-refractivity contribution in [3.8, 4) is 6.07 Å². The van der Waals surface area contributed by atoms with Crippen molar-refractivity contribution in [2.75, 3.05) is 11.9 Å². The van der Waals surface area contributed by atoms with Crippen molar-refractivity contribution < 1.29 is 4.79 Å². The Kier molecular flexibility index (Phi) is 5.52. The van der Waals surface area contributed by atoms with E-state index in [4.69, 9.17) is 0 Å². The third-order valence-electron chi connectivity index (χ3n) is 4.71. The number of benzene rings is 1. The molecule has 4 nitrogen and oxygen atoms in total. The Morgan fingerprint density at radius 3 is 3.08 bits per heavy atom. The minimum absolute atomic E-state index is 0.0301. The quantitative estimate of drug-likeness (QED) is 0.855. The highest BCUT2D eigenvalue weighted by Gasteiger charge is 2.22. The van der Waals surface area contributed by atoms with Gasteiger partial charge in [0.15, 0.2) is 0 Å². The summed E-state index contributed by atoms with van der Waals surface area (Å²) in [7, 11) is 0. The highest BCUT2D eigenvalue weighted by molar-refractivity contribution is 7.16. The lowest BCUT2D eigenvalue weighted by Gasteiger charge is -2.13. The van der Waals surface area contributed by atoms with Gasteiger partial charge in [0.25, 0.3) is 0 Å². The first kappa shape index (κ1) is 17.7. The van der Waals surface area contributed by atoms with E-state index in [-0.39, 0.29) is 11.8 Å². The molecular formula is C20H23N3OS. The number of rotatable bonds is 5. The zero-order chi connectivity index (χ0) is 17.8. The van der Waals surface area contributed by atoms with Gasteiger partial charge in [0, 0.05) is 17.8 Å². The fourth-order valence-corrected chi connectivity index (χ4v) is 4.42. The number of nitrogens with one attached hydrogen (secondary N) is 2. The number of carbonyl (C=O) groups excluding carboxylic acids is 1. The summed E-state index contributed by atoms with van der Waals surface area (Å²) in [6.07, 6.45) is 2.26. The fourth-order valence-electron chi connectivity index (χ4n) is 3.23. The molecule has 5 heteroatoms. The maximum absolute atomic E-state index is 12.5. The van der Waals surface area contributed by atoms with Gasteiger partial charge in [-0.3, -0.25) is 4.79 Å². The minimum atomic E-state index is -0.0301. The van der Waals surface area contributed by atoms with Crippen molar-refractivity contribution >= 4 is 22.2 Å². The maximum atomic E-state index is 12.5. The van der Waals surface area contributed by atoms with E-state index in [1.165, 1.54) is 27.3 Å². The van der Waals surface area contributed by atoms with Crippen LogP contribution in [0.2, 0.25) is 0 Å². The first-order chi connectivity index (χ1) is 12.1. The molecule has 0 fully saturated rings. The molecule has 2 aromatic rings. The normalized spacial score (nSPS) is 14.4. The molecule has 1 atom stereocenters. The van der Waals surface area contributed by atoms with E-state index in [2.05, 4.69) is 54.8 Å². The second kappa shape index (κ2) is 7.81. The van der Waals surface area contributed by atoms with Crippen molar-refractivity contribution in [2.45, 2.75) is 45.6 Å². The highest BCUT2D eigenvalue weighted by atomic mass is 32.1. The van der Waals surface area contributed by atoms with E-state index >= 15 is 0 Å². The first-order valence-electron chi connectivity index (χ1n) is 8.76. The molecule has 1 aromatic carbocycles.